The van der Waals surface area contributed by atoms with Crippen molar-refractivity contribution in [2.24, 2.45) is 11.3 Å². The Morgan fingerprint density at radius 1 is 1.50 bits per heavy atom. The number of nitrogens with zero attached hydrogens (tertiary/aromatic N) is 1. The van der Waals surface area contributed by atoms with Crippen LogP contribution in [0.1, 0.15) is 43.7 Å². The van der Waals surface area contributed by atoms with Gasteiger partial charge < -0.3 is 0 Å². The molecule has 1 saturated carbocycles. The lowest BCUT2D eigenvalue weighted by Gasteiger charge is -2.21. The average Bonchev–Trinajstić information content (AvgIpc) is 2.77. The smallest absolute Gasteiger partial charge is 0.0693 e. The molecule has 96 valence electrons. The van der Waals surface area contributed by atoms with Gasteiger partial charge in [0.1, 0.15) is 0 Å². The van der Waals surface area contributed by atoms with E-state index in [1.165, 1.54) is 18.4 Å². The molecule has 1 aliphatic rings. The minimum absolute atomic E-state index is 0.181. The lowest BCUT2D eigenvalue weighted by atomic mass is 9.80. The Labute approximate surface area is 115 Å². The van der Waals surface area contributed by atoms with E-state index in [2.05, 4.69) is 25.1 Å². The Hall–Kier alpha value is -1.00. The molecular weight excluding hydrogens is 242 g/mol. The molecule has 1 aromatic carbocycles. The lowest BCUT2D eigenvalue weighted by Crippen LogP contribution is -2.18. The first-order valence-electron chi connectivity index (χ1n) is 6.75. The van der Waals surface area contributed by atoms with Crippen molar-refractivity contribution in [3.63, 3.8) is 0 Å². The van der Waals surface area contributed by atoms with Crippen LogP contribution < -0.4 is 0 Å². The van der Waals surface area contributed by atoms with Crippen LogP contribution in [0.15, 0.2) is 18.2 Å². The quantitative estimate of drug-likeness (QED) is 0.758. The zero-order valence-electron chi connectivity index (χ0n) is 11.2. The largest absolute Gasteiger partial charge is 0.198 e. The second kappa shape index (κ2) is 5.33. The summed E-state index contributed by atoms with van der Waals surface area (Å²) < 4.78 is 0. The number of hydrogen-bond acceptors (Lipinski definition) is 1. The highest BCUT2D eigenvalue weighted by molar-refractivity contribution is 6.31. The van der Waals surface area contributed by atoms with Gasteiger partial charge in [0.2, 0.25) is 0 Å². The van der Waals surface area contributed by atoms with Gasteiger partial charge in [0, 0.05) is 5.02 Å². The molecule has 0 aromatic heterocycles. The number of aryl methyl sites for hydroxylation is 1. The van der Waals surface area contributed by atoms with Gasteiger partial charge in [-0.1, -0.05) is 37.1 Å². The van der Waals surface area contributed by atoms with Crippen LogP contribution in [0.3, 0.4) is 0 Å². The normalized spacial score (nSPS) is 27.1. The predicted molar refractivity (Wildman–Crippen MR) is 75.6 cm³/mol. The van der Waals surface area contributed by atoms with Crippen LogP contribution in [0.2, 0.25) is 5.02 Å². The first kappa shape index (κ1) is 13.4. The van der Waals surface area contributed by atoms with E-state index >= 15 is 0 Å². The van der Waals surface area contributed by atoms with Gasteiger partial charge in [-0.25, -0.2) is 0 Å². The Bertz CT molecular complexity index is 474. The standard InChI is InChI=1S/C16H20ClN/c1-3-13-6-7-16(9-13,11-18)10-14-5-4-12(2)8-15(14)17/h4-5,8,13H,3,6-7,9-10H2,1-2H3. The molecule has 0 saturated heterocycles. The average molecular weight is 262 g/mol. The van der Waals surface area contributed by atoms with Gasteiger partial charge in [-0.2, -0.15) is 5.26 Å². The monoisotopic (exact) mass is 261 g/mol. The first-order chi connectivity index (χ1) is 8.58. The molecule has 0 amide bonds. The van der Waals surface area contributed by atoms with E-state index in [-0.39, 0.29) is 5.41 Å². The minimum Gasteiger partial charge on any atom is -0.198 e. The van der Waals surface area contributed by atoms with E-state index in [0.29, 0.717) is 5.92 Å². The predicted octanol–water partition coefficient (Wildman–Crippen LogP) is 4.91. The molecule has 18 heavy (non-hydrogen) atoms. The fourth-order valence-electron chi connectivity index (χ4n) is 3.05. The second-order valence-electron chi connectivity index (χ2n) is 5.68. The van der Waals surface area contributed by atoms with Gasteiger partial charge in [-0.15, -0.1) is 0 Å². The van der Waals surface area contributed by atoms with Crippen LogP contribution in [-0.2, 0) is 6.42 Å². The summed E-state index contributed by atoms with van der Waals surface area (Å²) >= 11 is 6.29. The van der Waals surface area contributed by atoms with Crippen LogP contribution in [0.4, 0.5) is 0 Å². The van der Waals surface area contributed by atoms with Crippen LogP contribution in [0.25, 0.3) is 0 Å². The number of nitriles is 1. The molecule has 2 atom stereocenters. The molecule has 0 bridgehead atoms. The molecule has 0 N–H and O–H groups in total. The molecule has 0 spiro atoms. The number of rotatable bonds is 3. The van der Waals surface area contributed by atoms with Gasteiger partial charge in [0.05, 0.1) is 11.5 Å². The maximum Gasteiger partial charge on any atom is 0.0693 e. The first-order valence-corrected chi connectivity index (χ1v) is 7.12. The van der Waals surface area contributed by atoms with E-state index in [0.717, 1.165) is 29.8 Å². The molecule has 1 aliphatic carbocycles. The summed E-state index contributed by atoms with van der Waals surface area (Å²) in [4.78, 5) is 0. The molecule has 1 fully saturated rings. The number of benzene rings is 1. The maximum atomic E-state index is 9.54. The van der Waals surface area contributed by atoms with Crippen molar-refractivity contribution in [3.8, 4) is 6.07 Å². The van der Waals surface area contributed by atoms with Gasteiger partial charge in [0.15, 0.2) is 0 Å². The van der Waals surface area contributed by atoms with E-state index in [1.807, 2.05) is 13.0 Å². The van der Waals surface area contributed by atoms with Crippen molar-refractivity contribution >= 4 is 11.6 Å². The van der Waals surface area contributed by atoms with Crippen molar-refractivity contribution in [2.75, 3.05) is 0 Å². The summed E-state index contributed by atoms with van der Waals surface area (Å²) in [5.74, 6) is 0.717. The van der Waals surface area contributed by atoms with Gasteiger partial charge in [-0.3, -0.25) is 0 Å². The summed E-state index contributed by atoms with van der Waals surface area (Å²) in [5.41, 5.74) is 2.12. The molecule has 0 radical (unpaired) electrons. The van der Waals surface area contributed by atoms with Crippen molar-refractivity contribution in [1.82, 2.24) is 0 Å². The van der Waals surface area contributed by atoms with Gasteiger partial charge >= 0.3 is 0 Å². The highest BCUT2D eigenvalue weighted by Crippen LogP contribution is 2.45. The Kier molecular flexibility index (Phi) is 3.97. The molecule has 0 heterocycles. The summed E-state index contributed by atoms with van der Waals surface area (Å²) in [5, 5.41) is 10.4. The number of halogens is 1. The van der Waals surface area contributed by atoms with E-state index < -0.39 is 0 Å². The molecule has 1 nitrogen and oxygen atoms in total. The summed E-state index contributed by atoms with van der Waals surface area (Å²) in [6.07, 6.45) is 5.23. The third kappa shape index (κ3) is 2.70. The Morgan fingerprint density at radius 3 is 2.83 bits per heavy atom. The van der Waals surface area contributed by atoms with Crippen molar-refractivity contribution in [1.29, 1.82) is 5.26 Å². The third-order valence-electron chi connectivity index (χ3n) is 4.26. The Balaban J connectivity index is 2.19. The third-order valence-corrected chi connectivity index (χ3v) is 4.61. The molecule has 1 aromatic rings. The molecule has 2 rings (SSSR count). The second-order valence-corrected chi connectivity index (χ2v) is 6.09. The lowest BCUT2D eigenvalue weighted by molar-refractivity contribution is 0.381. The fourth-order valence-corrected chi connectivity index (χ4v) is 3.35. The highest BCUT2D eigenvalue weighted by Gasteiger charge is 2.39. The zero-order chi connectivity index (χ0) is 13.2. The van der Waals surface area contributed by atoms with Crippen molar-refractivity contribution in [3.05, 3.63) is 34.3 Å². The fraction of sp³-hybridized carbons (Fsp3) is 0.562. The Morgan fingerprint density at radius 2 is 2.28 bits per heavy atom. The summed E-state index contributed by atoms with van der Waals surface area (Å²) in [7, 11) is 0. The van der Waals surface area contributed by atoms with E-state index in [4.69, 9.17) is 11.6 Å². The molecule has 0 aliphatic heterocycles. The topological polar surface area (TPSA) is 23.8 Å². The van der Waals surface area contributed by atoms with Gasteiger partial charge in [-0.05, 0) is 55.7 Å². The van der Waals surface area contributed by atoms with Crippen LogP contribution >= 0.6 is 11.6 Å². The van der Waals surface area contributed by atoms with Crippen LogP contribution in [0.5, 0.6) is 0 Å². The maximum absolute atomic E-state index is 9.54. The van der Waals surface area contributed by atoms with E-state index in [1.54, 1.807) is 0 Å². The molecule has 2 heteroatoms. The van der Waals surface area contributed by atoms with Crippen LogP contribution in [0, 0.1) is 29.6 Å². The van der Waals surface area contributed by atoms with Crippen molar-refractivity contribution < 1.29 is 0 Å². The zero-order valence-corrected chi connectivity index (χ0v) is 11.9. The van der Waals surface area contributed by atoms with Crippen molar-refractivity contribution in [2.45, 2.75) is 46.0 Å². The van der Waals surface area contributed by atoms with Crippen LogP contribution in [-0.4, -0.2) is 0 Å². The van der Waals surface area contributed by atoms with E-state index in [9.17, 15) is 5.26 Å². The summed E-state index contributed by atoms with van der Waals surface area (Å²) in [6, 6.07) is 8.73. The molecule has 2 unspecified atom stereocenters. The number of hydrogen-bond donors (Lipinski definition) is 0. The molecular formula is C16H20ClN. The summed E-state index contributed by atoms with van der Waals surface area (Å²) in [6.45, 7) is 4.26. The highest BCUT2D eigenvalue weighted by atomic mass is 35.5. The SMILES string of the molecule is CCC1CCC(C#N)(Cc2ccc(C)cc2Cl)C1. The van der Waals surface area contributed by atoms with Gasteiger partial charge in [0.25, 0.3) is 0 Å². The minimum atomic E-state index is -0.181.